The lowest BCUT2D eigenvalue weighted by atomic mass is 10.1. The molecule has 2 aromatic rings. The molecule has 0 spiro atoms. The van der Waals surface area contributed by atoms with Crippen LogP contribution < -0.4 is 4.74 Å². The van der Waals surface area contributed by atoms with E-state index in [4.69, 9.17) is 4.74 Å². The first-order valence-electron chi connectivity index (χ1n) is 5.16. The van der Waals surface area contributed by atoms with Gasteiger partial charge in [-0.15, -0.1) is 0 Å². The van der Waals surface area contributed by atoms with E-state index >= 15 is 0 Å². The van der Waals surface area contributed by atoms with Crippen molar-refractivity contribution < 1.29 is 4.74 Å². The highest BCUT2D eigenvalue weighted by atomic mass is 32.1. The number of benzene rings is 2. The average molecular weight is 241 g/mol. The highest BCUT2D eigenvalue weighted by Crippen LogP contribution is 2.32. The van der Waals surface area contributed by atoms with Crippen molar-refractivity contribution in [2.24, 2.45) is 4.99 Å². The molecule has 0 unspecified atom stereocenters. The van der Waals surface area contributed by atoms with Crippen LogP contribution in [0, 0.1) is 0 Å². The lowest BCUT2D eigenvalue weighted by Crippen LogP contribution is -1.84. The molecule has 2 nitrogen and oxygen atoms in total. The summed E-state index contributed by atoms with van der Waals surface area (Å²) in [6, 6.07) is 15.9. The summed E-state index contributed by atoms with van der Waals surface area (Å²) in [7, 11) is 1.61. The molecule has 0 atom stereocenters. The van der Waals surface area contributed by atoms with Crippen molar-refractivity contribution in [2.45, 2.75) is 0 Å². The Morgan fingerprint density at radius 2 is 1.82 bits per heavy atom. The molecule has 0 aliphatic heterocycles. The number of thiocarbonyl (C=S) groups is 1. The summed E-state index contributed by atoms with van der Waals surface area (Å²) in [4.78, 5) is 4.00. The van der Waals surface area contributed by atoms with Crippen LogP contribution in [0.1, 0.15) is 0 Å². The predicted octanol–water partition coefficient (Wildman–Crippen LogP) is 4.10. The minimum absolute atomic E-state index is 0.696. The van der Waals surface area contributed by atoms with E-state index < -0.39 is 0 Å². The lowest BCUT2D eigenvalue weighted by molar-refractivity contribution is 0.416. The molecule has 0 aliphatic carbocycles. The number of nitrogens with zero attached hydrogens (tertiary/aromatic N) is 1. The smallest absolute Gasteiger partial charge is 0.145 e. The first kappa shape index (κ1) is 11.5. The van der Waals surface area contributed by atoms with Gasteiger partial charge in [-0.1, -0.05) is 36.4 Å². The van der Waals surface area contributed by atoms with Crippen LogP contribution in [0.15, 0.2) is 53.5 Å². The molecule has 0 amide bonds. The van der Waals surface area contributed by atoms with Crippen molar-refractivity contribution >= 4 is 23.1 Å². The van der Waals surface area contributed by atoms with Crippen LogP contribution in [0.3, 0.4) is 0 Å². The molecule has 0 fully saturated rings. The number of isothiocyanates is 1. The van der Waals surface area contributed by atoms with Crippen molar-refractivity contribution in [2.75, 3.05) is 7.11 Å². The highest BCUT2D eigenvalue weighted by molar-refractivity contribution is 7.78. The van der Waals surface area contributed by atoms with Crippen molar-refractivity contribution in [1.82, 2.24) is 0 Å². The molecule has 0 N–H and O–H groups in total. The Balaban J connectivity index is 2.51. The summed E-state index contributed by atoms with van der Waals surface area (Å²) >= 11 is 4.63. The van der Waals surface area contributed by atoms with E-state index in [-0.39, 0.29) is 0 Å². The number of aliphatic imine (C=N–C) groups is 1. The Hall–Kier alpha value is -1.96. The summed E-state index contributed by atoms with van der Waals surface area (Å²) in [5.74, 6) is 0.696. The molecule has 0 heterocycles. The molecule has 0 saturated heterocycles. The van der Waals surface area contributed by atoms with Gasteiger partial charge in [-0.2, -0.15) is 4.99 Å². The van der Waals surface area contributed by atoms with Crippen LogP contribution >= 0.6 is 12.2 Å². The summed E-state index contributed by atoms with van der Waals surface area (Å²) in [5.41, 5.74) is 2.91. The lowest BCUT2D eigenvalue weighted by Gasteiger charge is -2.06. The van der Waals surface area contributed by atoms with Gasteiger partial charge in [-0.05, 0) is 35.5 Å². The molecular weight excluding hydrogens is 230 g/mol. The Bertz CT molecular complexity index is 560. The number of hydrogen-bond acceptors (Lipinski definition) is 3. The molecule has 0 saturated carbocycles. The molecule has 17 heavy (non-hydrogen) atoms. The fourth-order valence-corrected chi connectivity index (χ4v) is 1.74. The largest absolute Gasteiger partial charge is 0.494 e. The third-order valence-corrected chi connectivity index (χ3v) is 2.54. The van der Waals surface area contributed by atoms with Crippen LogP contribution in [0.2, 0.25) is 0 Å². The maximum atomic E-state index is 5.21. The van der Waals surface area contributed by atoms with Gasteiger partial charge in [0.15, 0.2) is 0 Å². The second kappa shape index (κ2) is 5.39. The van der Waals surface area contributed by atoms with Crippen molar-refractivity contribution in [3.05, 3.63) is 48.5 Å². The third kappa shape index (κ3) is 2.59. The minimum atomic E-state index is 0.696. The fraction of sp³-hybridized carbons (Fsp3) is 0.0714. The molecule has 3 heteroatoms. The molecule has 0 aliphatic rings. The molecule has 0 aromatic heterocycles. The standard InChI is InChI=1S/C14H11NOS/c1-16-14-8-7-12(9-13(14)15-10-17)11-5-3-2-4-6-11/h2-9H,1H3. The topological polar surface area (TPSA) is 21.6 Å². The van der Waals surface area contributed by atoms with E-state index in [0.29, 0.717) is 11.4 Å². The van der Waals surface area contributed by atoms with E-state index in [1.165, 1.54) is 0 Å². The average Bonchev–Trinajstić information content (AvgIpc) is 2.40. The van der Waals surface area contributed by atoms with Crippen LogP contribution in [0.5, 0.6) is 5.75 Å². The van der Waals surface area contributed by atoms with Gasteiger partial charge in [0.05, 0.1) is 12.3 Å². The summed E-state index contributed by atoms with van der Waals surface area (Å²) in [5, 5.41) is 2.37. The van der Waals surface area contributed by atoms with Gasteiger partial charge in [0.2, 0.25) is 0 Å². The number of methoxy groups -OCH3 is 1. The zero-order valence-electron chi connectivity index (χ0n) is 9.38. The van der Waals surface area contributed by atoms with Crippen molar-refractivity contribution in [3.63, 3.8) is 0 Å². The summed E-state index contributed by atoms with van der Waals surface area (Å²) in [6.07, 6.45) is 0. The monoisotopic (exact) mass is 241 g/mol. The maximum absolute atomic E-state index is 5.21. The second-order valence-corrected chi connectivity index (χ2v) is 3.64. The van der Waals surface area contributed by atoms with Gasteiger partial charge in [-0.3, -0.25) is 0 Å². The molecule has 2 aromatic carbocycles. The van der Waals surface area contributed by atoms with Crippen molar-refractivity contribution in [1.29, 1.82) is 0 Å². The Morgan fingerprint density at radius 3 is 2.47 bits per heavy atom. The van der Waals surface area contributed by atoms with Gasteiger partial charge in [0.25, 0.3) is 0 Å². The van der Waals surface area contributed by atoms with Crippen LogP contribution in [-0.2, 0) is 0 Å². The Kier molecular flexibility index (Phi) is 3.66. The minimum Gasteiger partial charge on any atom is -0.494 e. The Labute approximate surface area is 106 Å². The first-order valence-corrected chi connectivity index (χ1v) is 5.57. The van der Waals surface area contributed by atoms with E-state index in [0.717, 1.165) is 11.1 Å². The molecule has 0 radical (unpaired) electrons. The predicted molar refractivity (Wildman–Crippen MR) is 73.1 cm³/mol. The maximum Gasteiger partial charge on any atom is 0.145 e. The van der Waals surface area contributed by atoms with Crippen LogP contribution in [-0.4, -0.2) is 12.3 Å². The molecule has 0 bridgehead atoms. The fourth-order valence-electron chi connectivity index (χ4n) is 1.64. The molecule has 84 valence electrons. The van der Waals surface area contributed by atoms with Crippen LogP contribution in [0.25, 0.3) is 11.1 Å². The number of rotatable bonds is 3. The molecule has 2 rings (SSSR count). The summed E-state index contributed by atoms with van der Waals surface area (Å²) in [6.45, 7) is 0. The second-order valence-electron chi connectivity index (χ2n) is 3.46. The van der Waals surface area contributed by atoms with E-state index in [9.17, 15) is 0 Å². The van der Waals surface area contributed by atoms with Crippen molar-refractivity contribution in [3.8, 4) is 16.9 Å². The van der Waals surface area contributed by atoms with Gasteiger partial charge in [0.1, 0.15) is 11.4 Å². The van der Waals surface area contributed by atoms with E-state index in [1.54, 1.807) is 7.11 Å². The Morgan fingerprint density at radius 1 is 1.06 bits per heavy atom. The number of ether oxygens (including phenoxy) is 1. The normalized spacial score (nSPS) is 9.47. The summed E-state index contributed by atoms with van der Waals surface area (Å²) < 4.78 is 5.21. The zero-order chi connectivity index (χ0) is 12.1. The third-order valence-electron chi connectivity index (χ3n) is 2.45. The SMILES string of the molecule is COc1ccc(-c2ccccc2)cc1N=C=S. The van der Waals surface area contributed by atoms with Gasteiger partial charge < -0.3 is 4.74 Å². The van der Waals surface area contributed by atoms with Gasteiger partial charge in [0, 0.05) is 0 Å². The van der Waals surface area contributed by atoms with Gasteiger partial charge >= 0.3 is 0 Å². The van der Waals surface area contributed by atoms with Gasteiger partial charge in [-0.25, -0.2) is 0 Å². The number of hydrogen-bond donors (Lipinski definition) is 0. The van der Waals surface area contributed by atoms with Crippen LogP contribution in [0.4, 0.5) is 5.69 Å². The zero-order valence-corrected chi connectivity index (χ0v) is 10.2. The van der Waals surface area contributed by atoms with E-state index in [2.05, 4.69) is 22.4 Å². The van der Waals surface area contributed by atoms with E-state index in [1.807, 2.05) is 48.5 Å². The quantitative estimate of drug-likeness (QED) is 0.596. The first-order chi connectivity index (χ1) is 8.35. The molecular formula is C14H11NOS. The highest BCUT2D eigenvalue weighted by Gasteiger charge is 2.04.